The molecule has 0 saturated heterocycles. The number of nitrogens with zero attached hydrogens (tertiary/aromatic N) is 4. The first-order valence-electron chi connectivity index (χ1n) is 5.69. The van der Waals surface area contributed by atoms with Crippen molar-refractivity contribution in [3.63, 3.8) is 0 Å². The molecule has 7 nitrogen and oxygen atoms in total. The fourth-order valence-electron chi connectivity index (χ4n) is 2.28. The van der Waals surface area contributed by atoms with Crippen LogP contribution in [0.15, 0.2) is 24.3 Å². The smallest absolute Gasteiger partial charge is 0.166 e. The summed E-state index contributed by atoms with van der Waals surface area (Å²) in [7, 11) is 0. The van der Waals surface area contributed by atoms with E-state index in [0.29, 0.717) is 11.2 Å². The molecule has 3 atom stereocenters. The number of rotatable bonds is 2. The number of nitrogens with two attached hydrogens (primary N) is 1. The largest absolute Gasteiger partial charge is 0.388 e. The molecule has 3 rings (SSSR count). The van der Waals surface area contributed by atoms with Gasteiger partial charge in [0.25, 0.3) is 0 Å². The van der Waals surface area contributed by atoms with Crippen LogP contribution in [0, 0.1) is 0 Å². The minimum Gasteiger partial charge on any atom is -0.388 e. The van der Waals surface area contributed by atoms with E-state index in [0.717, 1.165) is 0 Å². The van der Waals surface area contributed by atoms with Gasteiger partial charge in [-0.25, -0.2) is 19.3 Å². The zero-order valence-electron chi connectivity index (χ0n) is 9.81. The molecule has 0 aliphatic heterocycles. The summed E-state index contributed by atoms with van der Waals surface area (Å²) in [5.41, 5.74) is 6.66. The molecule has 0 aromatic carbocycles. The summed E-state index contributed by atoms with van der Waals surface area (Å²) in [5, 5.41) is 19.7. The number of fused-ring (bicyclic) bond motifs is 1. The first-order chi connectivity index (χ1) is 9.13. The van der Waals surface area contributed by atoms with Crippen LogP contribution in [0.5, 0.6) is 0 Å². The monoisotopic (exact) mass is 265 g/mol. The predicted molar refractivity (Wildman–Crippen MR) is 64.8 cm³/mol. The molecule has 0 unspecified atom stereocenters. The Bertz CT molecular complexity index is 656. The van der Waals surface area contributed by atoms with E-state index in [-0.39, 0.29) is 11.4 Å². The Morgan fingerprint density at radius 2 is 2.11 bits per heavy atom. The number of imidazole rings is 1. The second-order valence-corrected chi connectivity index (χ2v) is 4.38. The van der Waals surface area contributed by atoms with Crippen molar-refractivity contribution >= 4 is 17.0 Å². The molecule has 2 heterocycles. The van der Waals surface area contributed by atoms with E-state index in [1.54, 1.807) is 4.57 Å². The van der Waals surface area contributed by atoms with Gasteiger partial charge >= 0.3 is 0 Å². The highest BCUT2D eigenvalue weighted by molar-refractivity contribution is 5.81. The van der Waals surface area contributed by atoms with Crippen LogP contribution in [-0.2, 0) is 0 Å². The van der Waals surface area contributed by atoms with E-state index in [2.05, 4.69) is 15.0 Å². The molecule has 100 valence electrons. The molecular weight excluding hydrogens is 253 g/mol. The minimum atomic E-state index is -1.22. The Labute approximate surface area is 107 Å². The van der Waals surface area contributed by atoms with Crippen LogP contribution in [0.3, 0.4) is 0 Å². The van der Waals surface area contributed by atoms with Gasteiger partial charge in [0.05, 0.1) is 12.4 Å². The van der Waals surface area contributed by atoms with E-state index < -0.39 is 24.9 Å². The van der Waals surface area contributed by atoms with Crippen LogP contribution < -0.4 is 5.73 Å². The lowest BCUT2D eigenvalue weighted by atomic mass is 10.1. The van der Waals surface area contributed by atoms with Gasteiger partial charge in [-0.3, -0.25) is 0 Å². The fourth-order valence-corrected chi connectivity index (χ4v) is 2.28. The van der Waals surface area contributed by atoms with Crippen molar-refractivity contribution in [3.8, 4) is 0 Å². The normalized spacial score (nSPS) is 26.9. The topological polar surface area (TPSA) is 110 Å². The molecule has 0 radical (unpaired) electrons. The molecule has 2 aromatic rings. The molecule has 4 N–H and O–H groups in total. The highest BCUT2D eigenvalue weighted by Gasteiger charge is 2.36. The quantitative estimate of drug-likeness (QED) is 0.636. The molecule has 0 fully saturated rings. The number of alkyl halides is 1. The van der Waals surface area contributed by atoms with Crippen LogP contribution in [-0.4, -0.2) is 48.6 Å². The Morgan fingerprint density at radius 1 is 1.32 bits per heavy atom. The number of nitrogen functional groups attached to an aromatic ring is 1. The Balaban J connectivity index is 2.11. The van der Waals surface area contributed by atoms with Gasteiger partial charge in [-0.1, -0.05) is 6.08 Å². The van der Waals surface area contributed by atoms with Crippen molar-refractivity contribution in [2.75, 3.05) is 12.4 Å². The third-order valence-electron chi connectivity index (χ3n) is 3.30. The third-order valence-corrected chi connectivity index (χ3v) is 3.30. The van der Waals surface area contributed by atoms with Gasteiger partial charge in [-0.05, 0) is 5.57 Å². The Morgan fingerprint density at radius 3 is 2.79 bits per heavy atom. The molecule has 1 aliphatic carbocycles. The number of aliphatic hydroxyl groups is 2. The molecule has 1 aliphatic rings. The van der Waals surface area contributed by atoms with Crippen molar-refractivity contribution in [2.45, 2.75) is 18.2 Å². The summed E-state index contributed by atoms with van der Waals surface area (Å²) in [5.74, 6) is 0.228. The summed E-state index contributed by atoms with van der Waals surface area (Å²) >= 11 is 0. The van der Waals surface area contributed by atoms with E-state index in [4.69, 9.17) is 5.73 Å². The maximum absolute atomic E-state index is 12.7. The number of hydrogen-bond donors (Lipinski definition) is 3. The van der Waals surface area contributed by atoms with E-state index in [1.807, 2.05) is 0 Å². The van der Waals surface area contributed by atoms with Gasteiger partial charge in [-0.15, -0.1) is 0 Å². The van der Waals surface area contributed by atoms with Gasteiger partial charge in [0.1, 0.15) is 30.7 Å². The highest BCUT2D eigenvalue weighted by atomic mass is 19.1. The first-order valence-corrected chi connectivity index (χ1v) is 5.69. The van der Waals surface area contributed by atoms with Crippen LogP contribution >= 0.6 is 0 Å². The van der Waals surface area contributed by atoms with E-state index in [9.17, 15) is 14.6 Å². The lowest BCUT2D eigenvalue weighted by molar-refractivity contribution is 0.0307. The van der Waals surface area contributed by atoms with Crippen molar-refractivity contribution in [3.05, 3.63) is 24.3 Å². The van der Waals surface area contributed by atoms with Crippen LogP contribution in [0.1, 0.15) is 6.04 Å². The first kappa shape index (κ1) is 12.0. The van der Waals surface area contributed by atoms with Crippen molar-refractivity contribution in [1.82, 2.24) is 19.5 Å². The van der Waals surface area contributed by atoms with E-state index >= 15 is 0 Å². The Kier molecular flexibility index (Phi) is 2.68. The number of aliphatic hydroxyl groups excluding tert-OH is 2. The van der Waals surface area contributed by atoms with Crippen molar-refractivity contribution in [2.24, 2.45) is 0 Å². The average molecular weight is 265 g/mol. The number of anilines is 1. The summed E-state index contributed by atoms with van der Waals surface area (Å²) in [6.07, 6.45) is 1.85. The molecule has 19 heavy (non-hydrogen) atoms. The second kappa shape index (κ2) is 4.25. The van der Waals surface area contributed by atoms with Crippen LogP contribution in [0.2, 0.25) is 0 Å². The lowest BCUT2D eigenvalue weighted by Gasteiger charge is -2.18. The number of hydrogen-bond acceptors (Lipinski definition) is 6. The predicted octanol–water partition coefficient (Wildman–Crippen LogP) is -0.419. The maximum Gasteiger partial charge on any atom is 0.166 e. The zero-order valence-corrected chi connectivity index (χ0v) is 9.81. The molecule has 0 saturated carbocycles. The molecule has 8 heteroatoms. The molecule has 0 bridgehead atoms. The lowest BCUT2D eigenvalue weighted by Crippen LogP contribution is -2.29. The number of aromatic nitrogens is 4. The van der Waals surface area contributed by atoms with Gasteiger partial charge in [0, 0.05) is 0 Å². The summed E-state index contributed by atoms with van der Waals surface area (Å²) in [4.78, 5) is 11.9. The average Bonchev–Trinajstić information content (AvgIpc) is 2.94. The third kappa shape index (κ3) is 1.68. The second-order valence-electron chi connectivity index (χ2n) is 4.38. The standard InChI is InChI=1S/C11H12FN5O2/c12-2-5-1-6(9(19)8(5)18)17-4-16-7-10(13)14-3-15-11(7)17/h1,3-4,6,8-9,18-19H,2H2,(H2,13,14,15)/t6-,8-,9+/m1/s1. The van der Waals surface area contributed by atoms with Gasteiger partial charge < -0.3 is 20.5 Å². The Hall–Kier alpha value is -2.06. The van der Waals surface area contributed by atoms with Crippen LogP contribution in [0.25, 0.3) is 11.2 Å². The minimum absolute atomic E-state index is 0.154. The van der Waals surface area contributed by atoms with Crippen molar-refractivity contribution in [1.29, 1.82) is 0 Å². The van der Waals surface area contributed by atoms with Gasteiger partial charge in [0.2, 0.25) is 0 Å². The van der Waals surface area contributed by atoms with Crippen molar-refractivity contribution < 1.29 is 14.6 Å². The van der Waals surface area contributed by atoms with Crippen LogP contribution in [0.4, 0.5) is 10.2 Å². The highest BCUT2D eigenvalue weighted by Crippen LogP contribution is 2.31. The maximum atomic E-state index is 12.7. The summed E-state index contributed by atoms with van der Waals surface area (Å²) < 4.78 is 14.3. The summed E-state index contributed by atoms with van der Waals surface area (Å²) in [6.45, 7) is -0.807. The molecule has 2 aromatic heterocycles. The molecule has 0 amide bonds. The molecular formula is C11H12FN5O2. The van der Waals surface area contributed by atoms with Gasteiger partial charge in [-0.2, -0.15) is 0 Å². The van der Waals surface area contributed by atoms with Gasteiger partial charge in [0.15, 0.2) is 11.5 Å². The van der Waals surface area contributed by atoms with E-state index in [1.165, 1.54) is 18.7 Å². The number of halogens is 1. The summed E-state index contributed by atoms with van der Waals surface area (Å²) in [6, 6.07) is -0.625. The molecule has 0 spiro atoms. The zero-order chi connectivity index (χ0) is 13.6. The SMILES string of the molecule is Nc1ncnc2c1ncn2[C@@H]1C=C(CF)[C@@H](O)[C@H]1O. The fraction of sp³-hybridized carbons (Fsp3) is 0.364.